The van der Waals surface area contributed by atoms with Gasteiger partial charge in [0.05, 0.1) is 13.0 Å². The van der Waals surface area contributed by atoms with Gasteiger partial charge in [-0.2, -0.15) is 0 Å². The van der Waals surface area contributed by atoms with Crippen LogP contribution in [0.25, 0.3) is 0 Å². The lowest BCUT2D eigenvalue weighted by molar-refractivity contribution is -0.138. The second-order valence-electron chi connectivity index (χ2n) is 3.11. The molecule has 82 valence electrons. The molecule has 4 nitrogen and oxygen atoms in total. The van der Waals surface area contributed by atoms with E-state index in [0.717, 1.165) is 12.1 Å². The van der Waals surface area contributed by atoms with Gasteiger partial charge in [0.15, 0.2) is 11.6 Å². The quantitative estimate of drug-likeness (QED) is 0.804. The molecule has 0 amide bonds. The molecule has 0 aliphatic rings. The first-order chi connectivity index (χ1) is 6.97. The molecular weight excluding hydrogens is 203 g/mol. The monoisotopic (exact) mass is 214 g/mol. The number of hydrogen-bond donors (Lipinski definition) is 2. The van der Waals surface area contributed by atoms with Crippen molar-refractivity contribution in [3.63, 3.8) is 0 Å². The Labute approximate surface area is 85.9 Å². The van der Waals surface area contributed by atoms with E-state index in [1.165, 1.54) is 14.0 Å². The van der Waals surface area contributed by atoms with E-state index >= 15 is 0 Å². The molecule has 0 aromatic heterocycles. The van der Waals surface area contributed by atoms with Crippen LogP contribution in [-0.4, -0.2) is 23.3 Å². The summed E-state index contributed by atoms with van der Waals surface area (Å²) >= 11 is 0. The summed E-state index contributed by atoms with van der Waals surface area (Å²) in [4.78, 5) is 10.7. The Morgan fingerprint density at radius 3 is 2.60 bits per heavy atom. The number of rotatable bonds is 3. The molecule has 1 rings (SSSR count). The maximum atomic E-state index is 12.9. The third kappa shape index (κ3) is 2.18. The fourth-order valence-corrected chi connectivity index (χ4v) is 1.21. The zero-order chi connectivity index (χ0) is 11.6. The van der Waals surface area contributed by atoms with Crippen molar-refractivity contribution in [1.82, 2.24) is 0 Å². The minimum absolute atomic E-state index is 0.111. The zero-order valence-corrected chi connectivity index (χ0v) is 8.32. The maximum Gasteiger partial charge on any atom is 0.310 e. The maximum absolute atomic E-state index is 12.9. The first-order valence-electron chi connectivity index (χ1n) is 4.26. The van der Waals surface area contributed by atoms with Crippen LogP contribution in [0.3, 0.4) is 0 Å². The van der Waals surface area contributed by atoms with Crippen molar-refractivity contribution in [3.05, 3.63) is 23.5 Å². The van der Waals surface area contributed by atoms with Gasteiger partial charge in [-0.1, -0.05) is 0 Å². The molecule has 1 aromatic rings. The minimum Gasteiger partial charge on any atom is -0.505 e. The van der Waals surface area contributed by atoms with Crippen LogP contribution in [0.2, 0.25) is 0 Å². The normalized spacial score (nSPS) is 12.2. The molecule has 0 heterocycles. The van der Waals surface area contributed by atoms with Crippen LogP contribution < -0.4 is 4.74 Å². The predicted octanol–water partition coefficient (Wildman–Crippen LogP) is 1.73. The number of carbonyl (C=O) groups is 1. The lowest BCUT2D eigenvalue weighted by atomic mass is 10.00. The van der Waals surface area contributed by atoms with Gasteiger partial charge in [0.25, 0.3) is 0 Å². The molecule has 15 heavy (non-hydrogen) atoms. The summed E-state index contributed by atoms with van der Waals surface area (Å²) in [6.45, 7) is 1.43. The van der Waals surface area contributed by atoms with Crippen LogP contribution in [0.15, 0.2) is 12.1 Å². The highest BCUT2D eigenvalue weighted by atomic mass is 19.1. The van der Waals surface area contributed by atoms with Gasteiger partial charge in [0.2, 0.25) is 0 Å². The SMILES string of the molecule is COc1cc(F)c(O)cc1C(C)C(=O)O. The molecule has 0 saturated heterocycles. The summed E-state index contributed by atoms with van der Waals surface area (Å²) in [5.41, 5.74) is 0.240. The Hall–Kier alpha value is -1.78. The van der Waals surface area contributed by atoms with E-state index < -0.39 is 23.5 Å². The van der Waals surface area contributed by atoms with Gasteiger partial charge in [-0.25, -0.2) is 4.39 Å². The number of hydrogen-bond acceptors (Lipinski definition) is 3. The Balaban J connectivity index is 3.27. The highest BCUT2D eigenvalue weighted by Crippen LogP contribution is 2.32. The molecule has 5 heteroatoms. The molecule has 0 fully saturated rings. The average Bonchev–Trinajstić information content (AvgIpc) is 2.20. The van der Waals surface area contributed by atoms with E-state index in [1.54, 1.807) is 0 Å². The summed E-state index contributed by atoms with van der Waals surface area (Å²) < 4.78 is 17.8. The van der Waals surface area contributed by atoms with Crippen LogP contribution in [0.5, 0.6) is 11.5 Å². The summed E-state index contributed by atoms with van der Waals surface area (Å²) in [6.07, 6.45) is 0. The molecule has 1 aromatic carbocycles. The first-order valence-corrected chi connectivity index (χ1v) is 4.26. The summed E-state index contributed by atoms with van der Waals surface area (Å²) in [5.74, 6) is -3.25. The molecule has 2 N–H and O–H groups in total. The van der Waals surface area contributed by atoms with E-state index in [9.17, 15) is 9.18 Å². The van der Waals surface area contributed by atoms with Crippen molar-refractivity contribution < 1.29 is 24.1 Å². The van der Waals surface area contributed by atoms with Crippen molar-refractivity contribution in [2.75, 3.05) is 7.11 Å². The van der Waals surface area contributed by atoms with Crippen molar-refractivity contribution in [2.45, 2.75) is 12.8 Å². The van der Waals surface area contributed by atoms with Gasteiger partial charge in [0.1, 0.15) is 5.75 Å². The van der Waals surface area contributed by atoms with E-state index in [-0.39, 0.29) is 11.3 Å². The predicted molar refractivity (Wildman–Crippen MR) is 50.7 cm³/mol. The Morgan fingerprint density at radius 1 is 1.53 bits per heavy atom. The number of methoxy groups -OCH3 is 1. The molecule has 0 bridgehead atoms. The van der Waals surface area contributed by atoms with E-state index in [0.29, 0.717) is 0 Å². The van der Waals surface area contributed by atoms with Crippen LogP contribution in [0.1, 0.15) is 18.4 Å². The molecule has 0 saturated carbocycles. The Morgan fingerprint density at radius 2 is 2.13 bits per heavy atom. The fourth-order valence-electron chi connectivity index (χ4n) is 1.21. The number of benzene rings is 1. The topological polar surface area (TPSA) is 66.8 Å². The van der Waals surface area contributed by atoms with Crippen LogP contribution in [0, 0.1) is 5.82 Å². The molecule has 1 atom stereocenters. The number of phenolic OH excluding ortho intramolecular Hbond substituents is 1. The highest BCUT2D eigenvalue weighted by Gasteiger charge is 2.20. The number of aliphatic carboxylic acids is 1. The molecule has 0 spiro atoms. The second-order valence-corrected chi connectivity index (χ2v) is 3.11. The van der Waals surface area contributed by atoms with Gasteiger partial charge < -0.3 is 14.9 Å². The van der Waals surface area contributed by atoms with Gasteiger partial charge in [-0.3, -0.25) is 4.79 Å². The first kappa shape index (κ1) is 11.3. The minimum atomic E-state index is -1.07. The van der Waals surface area contributed by atoms with Crippen molar-refractivity contribution in [3.8, 4) is 11.5 Å². The smallest absolute Gasteiger partial charge is 0.310 e. The van der Waals surface area contributed by atoms with Gasteiger partial charge in [-0.15, -0.1) is 0 Å². The van der Waals surface area contributed by atoms with E-state index in [4.69, 9.17) is 14.9 Å². The Bertz CT molecular complexity index is 389. The fraction of sp³-hybridized carbons (Fsp3) is 0.300. The number of phenols is 1. The van der Waals surface area contributed by atoms with E-state index in [1.807, 2.05) is 0 Å². The Kier molecular flexibility index (Phi) is 3.14. The van der Waals surface area contributed by atoms with Gasteiger partial charge >= 0.3 is 5.97 Å². The van der Waals surface area contributed by atoms with Gasteiger partial charge in [0, 0.05) is 11.6 Å². The van der Waals surface area contributed by atoms with Crippen molar-refractivity contribution in [2.24, 2.45) is 0 Å². The van der Waals surface area contributed by atoms with E-state index in [2.05, 4.69) is 0 Å². The number of aromatic hydroxyl groups is 1. The summed E-state index contributed by atoms with van der Waals surface area (Å²) in [6, 6.07) is 2.02. The lowest BCUT2D eigenvalue weighted by Gasteiger charge is -2.12. The van der Waals surface area contributed by atoms with Gasteiger partial charge in [-0.05, 0) is 13.0 Å². The zero-order valence-electron chi connectivity index (χ0n) is 8.32. The van der Waals surface area contributed by atoms with Crippen LogP contribution in [0.4, 0.5) is 4.39 Å². The largest absolute Gasteiger partial charge is 0.505 e. The standard InChI is InChI=1S/C10H11FO4/c1-5(10(13)14)6-3-8(12)7(11)4-9(6)15-2/h3-5,12H,1-2H3,(H,13,14). The van der Waals surface area contributed by atoms with Crippen molar-refractivity contribution >= 4 is 5.97 Å². The number of carboxylic acid groups (broad SMARTS) is 1. The molecule has 0 aliphatic heterocycles. The third-order valence-electron chi connectivity index (χ3n) is 2.14. The highest BCUT2D eigenvalue weighted by molar-refractivity contribution is 5.77. The second kappa shape index (κ2) is 4.16. The number of halogens is 1. The summed E-state index contributed by atoms with van der Waals surface area (Å²) in [5, 5.41) is 17.9. The number of carboxylic acids is 1. The molecule has 0 radical (unpaired) electrons. The third-order valence-corrected chi connectivity index (χ3v) is 2.14. The number of ether oxygens (including phenoxy) is 1. The molecular formula is C10H11FO4. The summed E-state index contributed by atoms with van der Waals surface area (Å²) in [7, 11) is 1.31. The molecule has 0 aliphatic carbocycles. The lowest BCUT2D eigenvalue weighted by Crippen LogP contribution is -2.09. The molecule has 1 unspecified atom stereocenters. The van der Waals surface area contributed by atoms with Crippen molar-refractivity contribution in [1.29, 1.82) is 0 Å². The average molecular weight is 214 g/mol. The van der Waals surface area contributed by atoms with Crippen LogP contribution in [-0.2, 0) is 4.79 Å². The van der Waals surface area contributed by atoms with Crippen LogP contribution >= 0.6 is 0 Å².